The Morgan fingerprint density at radius 1 is 1.41 bits per heavy atom. The first-order valence-corrected chi connectivity index (χ1v) is 5.77. The molecule has 0 spiro atoms. The van der Waals surface area contributed by atoms with Crippen LogP contribution in [0.5, 0.6) is 0 Å². The smallest absolute Gasteiger partial charge is 0.308 e. The highest BCUT2D eigenvalue weighted by molar-refractivity contribution is 5.70. The summed E-state index contributed by atoms with van der Waals surface area (Å²) in [6, 6.07) is 0. The molecule has 2 rings (SSSR count). The van der Waals surface area contributed by atoms with Crippen LogP contribution < -0.4 is 5.56 Å². The number of aromatic nitrogens is 2. The number of H-pyrrole nitrogens is 2. The van der Waals surface area contributed by atoms with Crippen LogP contribution in [0.2, 0.25) is 0 Å². The molecule has 6 heteroatoms. The van der Waals surface area contributed by atoms with E-state index in [2.05, 4.69) is 22.1 Å². The topological polar surface area (TPSA) is 89.2 Å². The minimum atomic E-state index is -0.968. The fourth-order valence-corrected chi connectivity index (χ4v) is 2.37. The fourth-order valence-electron chi connectivity index (χ4n) is 2.37. The van der Waals surface area contributed by atoms with Crippen molar-refractivity contribution in [3.8, 4) is 0 Å². The lowest BCUT2D eigenvalue weighted by Gasteiger charge is -2.28. The Bertz CT molecular complexity index is 455. The molecule has 0 bridgehead atoms. The summed E-state index contributed by atoms with van der Waals surface area (Å²) in [6.45, 7) is 1.95. The standard InChI is InChI=1S/C11H17N3O3/c1-14-4-2-7(3-5-14)10-8(6-9(15)16)11(17)13-12-10/h7H,2-6H2,1H3,(H,15,16)(H2,12,13,17). The van der Waals surface area contributed by atoms with Crippen LogP contribution in [0.4, 0.5) is 0 Å². The summed E-state index contributed by atoms with van der Waals surface area (Å²) in [7, 11) is 2.06. The number of carbonyl (C=O) groups is 1. The van der Waals surface area contributed by atoms with Gasteiger partial charge < -0.3 is 15.1 Å². The Kier molecular flexibility index (Phi) is 3.33. The molecule has 2 heterocycles. The number of carboxylic acids is 1. The van der Waals surface area contributed by atoms with Crippen molar-refractivity contribution < 1.29 is 9.90 Å². The number of aromatic amines is 2. The Morgan fingerprint density at radius 3 is 2.65 bits per heavy atom. The SMILES string of the molecule is CN1CCC(c2[nH][nH]c(=O)c2CC(=O)O)CC1. The van der Waals surface area contributed by atoms with Crippen molar-refractivity contribution in [2.45, 2.75) is 25.2 Å². The summed E-state index contributed by atoms with van der Waals surface area (Å²) in [6.07, 6.45) is 1.70. The summed E-state index contributed by atoms with van der Waals surface area (Å²) in [5.41, 5.74) is 0.860. The average Bonchev–Trinajstić information content (AvgIpc) is 2.61. The molecular weight excluding hydrogens is 222 g/mol. The highest BCUT2D eigenvalue weighted by Gasteiger charge is 2.24. The van der Waals surface area contributed by atoms with Crippen LogP contribution >= 0.6 is 0 Å². The van der Waals surface area contributed by atoms with E-state index in [0.29, 0.717) is 5.56 Å². The van der Waals surface area contributed by atoms with Crippen LogP contribution in [-0.4, -0.2) is 46.3 Å². The highest BCUT2D eigenvalue weighted by Crippen LogP contribution is 2.27. The third kappa shape index (κ3) is 2.58. The summed E-state index contributed by atoms with van der Waals surface area (Å²) in [5, 5.41) is 14.1. The lowest BCUT2D eigenvalue weighted by Crippen LogP contribution is -2.30. The second-order valence-corrected chi connectivity index (χ2v) is 4.62. The number of rotatable bonds is 3. The molecule has 0 amide bonds. The number of piperidine rings is 1. The van der Waals surface area contributed by atoms with Crippen molar-refractivity contribution in [2.24, 2.45) is 0 Å². The molecule has 3 N–H and O–H groups in total. The van der Waals surface area contributed by atoms with Crippen LogP contribution in [-0.2, 0) is 11.2 Å². The average molecular weight is 239 g/mol. The van der Waals surface area contributed by atoms with Crippen molar-refractivity contribution in [1.29, 1.82) is 0 Å². The monoisotopic (exact) mass is 239 g/mol. The molecule has 1 aromatic rings. The van der Waals surface area contributed by atoms with Gasteiger partial charge >= 0.3 is 5.97 Å². The number of carboxylic acid groups (broad SMARTS) is 1. The van der Waals surface area contributed by atoms with E-state index < -0.39 is 5.97 Å². The largest absolute Gasteiger partial charge is 0.481 e. The molecule has 17 heavy (non-hydrogen) atoms. The molecule has 0 atom stereocenters. The summed E-state index contributed by atoms with van der Waals surface area (Å²) in [4.78, 5) is 24.5. The van der Waals surface area contributed by atoms with Gasteiger partial charge in [-0.25, -0.2) is 0 Å². The molecular formula is C11H17N3O3. The summed E-state index contributed by atoms with van der Waals surface area (Å²) in [5.74, 6) is -0.705. The van der Waals surface area contributed by atoms with E-state index >= 15 is 0 Å². The Labute approximate surface area is 98.6 Å². The van der Waals surface area contributed by atoms with Gasteiger partial charge in [-0.3, -0.25) is 14.7 Å². The molecule has 0 aliphatic carbocycles. The lowest BCUT2D eigenvalue weighted by atomic mass is 9.91. The van der Waals surface area contributed by atoms with Crippen LogP contribution in [0.1, 0.15) is 30.0 Å². The number of nitrogens with one attached hydrogen (secondary N) is 2. The molecule has 94 valence electrons. The van der Waals surface area contributed by atoms with Gasteiger partial charge in [0.05, 0.1) is 12.0 Å². The fraction of sp³-hybridized carbons (Fsp3) is 0.636. The zero-order chi connectivity index (χ0) is 12.4. The van der Waals surface area contributed by atoms with Crippen molar-refractivity contribution in [1.82, 2.24) is 15.1 Å². The van der Waals surface area contributed by atoms with Gasteiger partial charge in [0.1, 0.15) is 0 Å². The summed E-state index contributed by atoms with van der Waals surface area (Å²) >= 11 is 0. The predicted molar refractivity (Wildman–Crippen MR) is 62.2 cm³/mol. The second-order valence-electron chi connectivity index (χ2n) is 4.62. The first-order valence-electron chi connectivity index (χ1n) is 5.77. The molecule has 1 aliphatic heterocycles. The van der Waals surface area contributed by atoms with Crippen molar-refractivity contribution >= 4 is 5.97 Å². The number of nitrogens with zero attached hydrogens (tertiary/aromatic N) is 1. The van der Waals surface area contributed by atoms with Gasteiger partial charge in [0.2, 0.25) is 0 Å². The molecule has 0 saturated carbocycles. The Balaban J connectivity index is 2.20. The third-order valence-corrected chi connectivity index (χ3v) is 3.36. The van der Waals surface area contributed by atoms with Gasteiger partial charge in [-0.05, 0) is 33.0 Å². The normalized spacial score (nSPS) is 18.4. The minimum absolute atomic E-state index is 0.208. The van der Waals surface area contributed by atoms with E-state index in [1.54, 1.807) is 0 Å². The molecule has 1 aliphatic rings. The third-order valence-electron chi connectivity index (χ3n) is 3.36. The van der Waals surface area contributed by atoms with Crippen LogP contribution in [0.15, 0.2) is 4.79 Å². The van der Waals surface area contributed by atoms with Crippen molar-refractivity contribution in [3.05, 3.63) is 21.6 Å². The molecule has 1 aromatic heterocycles. The van der Waals surface area contributed by atoms with E-state index in [9.17, 15) is 9.59 Å². The molecule has 1 saturated heterocycles. The molecule has 0 aromatic carbocycles. The van der Waals surface area contributed by atoms with Gasteiger partial charge in [0.25, 0.3) is 5.56 Å². The van der Waals surface area contributed by atoms with E-state index in [1.165, 1.54) is 0 Å². The number of aliphatic carboxylic acids is 1. The first-order chi connectivity index (χ1) is 8.08. The van der Waals surface area contributed by atoms with Crippen LogP contribution in [0.3, 0.4) is 0 Å². The van der Waals surface area contributed by atoms with Crippen molar-refractivity contribution in [3.63, 3.8) is 0 Å². The predicted octanol–water partition coefficient (Wildman–Crippen LogP) is 0.139. The number of hydrogen-bond acceptors (Lipinski definition) is 3. The molecule has 6 nitrogen and oxygen atoms in total. The van der Waals surface area contributed by atoms with Crippen LogP contribution in [0, 0.1) is 0 Å². The maximum atomic E-state index is 11.5. The van der Waals surface area contributed by atoms with E-state index in [4.69, 9.17) is 5.11 Å². The van der Waals surface area contributed by atoms with Crippen LogP contribution in [0.25, 0.3) is 0 Å². The first kappa shape index (κ1) is 11.9. The molecule has 1 fully saturated rings. The van der Waals surface area contributed by atoms with Gasteiger partial charge in [0, 0.05) is 11.6 Å². The van der Waals surface area contributed by atoms with Gasteiger partial charge in [-0.2, -0.15) is 0 Å². The summed E-state index contributed by atoms with van der Waals surface area (Å²) < 4.78 is 0. The number of likely N-dealkylation sites (tertiary alicyclic amines) is 1. The maximum absolute atomic E-state index is 11.5. The van der Waals surface area contributed by atoms with E-state index in [0.717, 1.165) is 31.6 Å². The Hall–Kier alpha value is -1.56. The van der Waals surface area contributed by atoms with E-state index in [1.807, 2.05) is 0 Å². The lowest BCUT2D eigenvalue weighted by molar-refractivity contribution is -0.136. The Morgan fingerprint density at radius 2 is 2.06 bits per heavy atom. The highest BCUT2D eigenvalue weighted by atomic mass is 16.4. The number of hydrogen-bond donors (Lipinski definition) is 3. The zero-order valence-electron chi connectivity index (χ0n) is 9.82. The quantitative estimate of drug-likeness (QED) is 0.700. The van der Waals surface area contributed by atoms with Gasteiger partial charge in [-0.15, -0.1) is 0 Å². The second kappa shape index (κ2) is 4.75. The van der Waals surface area contributed by atoms with Gasteiger partial charge in [-0.1, -0.05) is 0 Å². The van der Waals surface area contributed by atoms with Gasteiger partial charge in [0.15, 0.2) is 0 Å². The zero-order valence-corrected chi connectivity index (χ0v) is 9.82. The minimum Gasteiger partial charge on any atom is -0.481 e. The maximum Gasteiger partial charge on any atom is 0.308 e. The van der Waals surface area contributed by atoms with Crippen molar-refractivity contribution in [2.75, 3.05) is 20.1 Å². The molecule has 0 radical (unpaired) electrons. The van der Waals surface area contributed by atoms with E-state index in [-0.39, 0.29) is 17.9 Å². The molecule has 0 unspecified atom stereocenters.